The van der Waals surface area contributed by atoms with Crippen LogP contribution in [0.15, 0.2) is 10.9 Å². The van der Waals surface area contributed by atoms with Crippen molar-refractivity contribution in [1.29, 1.82) is 0 Å². The first kappa shape index (κ1) is 12.6. The number of nitrogens with one attached hydrogen (secondary N) is 1. The monoisotopic (exact) mass is 277 g/mol. The van der Waals surface area contributed by atoms with Crippen LogP contribution in [-0.2, 0) is 4.79 Å². The molecule has 1 aliphatic heterocycles. The molecule has 1 atom stereocenters. The number of carboxylic acids is 1. The Morgan fingerprint density at radius 3 is 3.05 bits per heavy atom. The van der Waals surface area contributed by atoms with Crippen LogP contribution in [0.4, 0.5) is 5.95 Å². The molecule has 2 aromatic heterocycles. The minimum atomic E-state index is -0.794. The SMILES string of the molecule is Cc1cc(=O)n2[nH]c(N3CCCC(C(=O)O)C3)nc2n1. The average molecular weight is 277 g/mol. The Morgan fingerprint density at radius 2 is 2.30 bits per heavy atom. The van der Waals surface area contributed by atoms with Crippen molar-refractivity contribution in [3.8, 4) is 0 Å². The third-order valence-corrected chi connectivity index (χ3v) is 3.52. The van der Waals surface area contributed by atoms with Gasteiger partial charge in [0, 0.05) is 24.8 Å². The van der Waals surface area contributed by atoms with Crippen LogP contribution in [0, 0.1) is 12.8 Å². The van der Waals surface area contributed by atoms with Gasteiger partial charge in [-0.2, -0.15) is 9.50 Å². The topological polar surface area (TPSA) is 104 Å². The number of carbonyl (C=O) groups is 1. The molecule has 2 N–H and O–H groups in total. The fourth-order valence-electron chi connectivity index (χ4n) is 2.49. The number of anilines is 1. The summed E-state index contributed by atoms with van der Waals surface area (Å²) < 4.78 is 1.27. The van der Waals surface area contributed by atoms with Crippen LogP contribution in [0.5, 0.6) is 0 Å². The van der Waals surface area contributed by atoms with Gasteiger partial charge in [0.2, 0.25) is 5.95 Å². The van der Waals surface area contributed by atoms with Crippen molar-refractivity contribution in [3.05, 3.63) is 22.1 Å². The molecule has 1 saturated heterocycles. The maximum atomic E-state index is 11.8. The highest BCUT2D eigenvalue weighted by Crippen LogP contribution is 2.20. The first-order valence-electron chi connectivity index (χ1n) is 6.49. The van der Waals surface area contributed by atoms with Crippen molar-refractivity contribution < 1.29 is 9.90 Å². The zero-order chi connectivity index (χ0) is 14.3. The Morgan fingerprint density at radius 1 is 1.50 bits per heavy atom. The number of hydrogen-bond donors (Lipinski definition) is 2. The molecule has 0 aromatic carbocycles. The van der Waals surface area contributed by atoms with Gasteiger partial charge in [-0.3, -0.25) is 14.7 Å². The van der Waals surface area contributed by atoms with E-state index in [2.05, 4.69) is 15.1 Å². The van der Waals surface area contributed by atoms with Crippen molar-refractivity contribution in [3.63, 3.8) is 0 Å². The average Bonchev–Trinajstić information content (AvgIpc) is 2.83. The van der Waals surface area contributed by atoms with Gasteiger partial charge in [-0.05, 0) is 19.8 Å². The zero-order valence-corrected chi connectivity index (χ0v) is 11.0. The Balaban J connectivity index is 1.96. The first-order chi connectivity index (χ1) is 9.54. The van der Waals surface area contributed by atoms with Crippen LogP contribution in [0.25, 0.3) is 5.78 Å². The number of fused-ring (bicyclic) bond motifs is 1. The molecule has 20 heavy (non-hydrogen) atoms. The molecule has 3 heterocycles. The molecule has 1 unspecified atom stereocenters. The molecule has 3 rings (SSSR count). The van der Waals surface area contributed by atoms with E-state index in [0.717, 1.165) is 13.0 Å². The van der Waals surface area contributed by atoms with E-state index in [0.29, 0.717) is 30.4 Å². The third kappa shape index (κ3) is 2.13. The number of piperidine rings is 1. The third-order valence-electron chi connectivity index (χ3n) is 3.52. The molecular formula is C12H15N5O3. The Labute approximate surface area is 114 Å². The molecule has 1 fully saturated rings. The summed E-state index contributed by atoms with van der Waals surface area (Å²) >= 11 is 0. The zero-order valence-electron chi connectivity index (χ0n) is 11.0. The normalized spacial score (nSPS) is 19.4. The highest BCUT2D eigenvalue weighted by Gasteiger charge is 2.27. The van der Waals surface area contributed by atoms with Crippen LogP contribution in [0.2, 0.25) is 0 Å². The smallest absolute Gasteiger partial charge is 0.308 e. The van der Waals surface area contributed by atoms with E-state index < -0.39 is 11.9 Å². The van der Waals surface area contributed by atoms with Crippen LogP contribution in [0.3, 0.4) is 0 Å². The molecule has 0 spiro atoms. The van der Waals surface area contributed by atoms with Gasteiger partial charge in [0.1, 0.15) is 0 Å². The summed E-state index contributed by atoms with van der Waals surface area (Å²) in [6, 6.07) is 1.42. The van der Waals surface area contributed by atoms with Crippen molar-refractivity contribution >= 4 is 17.7 Å². The molecule has 8 nitrogen and oxygen atoms in total. The first-order valence-corrected chi connectivity index (χ1v) is 6.49. The lowest BCUT2D eigenvalue weighted by atomic mass is 9.99. The molecule has 0 aliphatic carbocycles. The number of aromatic nitrogens is 4. The quantitative estimate of drug-likeness (QED) is 0.802. The number of H-pyrrole nitrogens is 1. The number of aryl methyl sites for hydroxylation is 1. The summed E-state index contributed by atoms with van der Waals surface area (Å²) in [5, 5.41) is 12.0. The minimum absolute atomic E-state index is 0.224. The number of hydrogen-bond acceptors (Lipinski definition) is 5. The van der Waals surface area contributed by atoms with Gasteiger partial charge in [0.05, 0.1) is 5.92 Å². The van der Waals surface area contributed by atoms with Crippen molar-refractivity contribution in [1.82, 2.24) is 19.6 Å². The summed E-state index contributed by atoms with van der Waals surface area (Å²) in [7, 11) is 0. The molecule has 2 aromatic rings. The lowest BCUT2D eigenvalue weighted by Crippen LogP contribution is -2.39. The van der Waals surface area contributed by atoms with Gasteiger partial charge < -0.3 is 10.0 Å². The highest BCUT2D eigenvalue weighted by atomic mass is 16.4. The van der Waals surface area contributed by atoms with Gasteiger partial charge in [-0.25, -0.2) is 4.98 Å². The van der Waals surface area contributed by atoms with Crippen molar-refractivity contribution in [2.75, 3.05) is 18.0 Å². The number of aliphatic carboxylic acids is 1. The lowest BCUT2D eigenvalue weighted by molar-refractivity contribution is -0.141. The van der Waals surface area contributed by atoms with Crippen LogP contribution in [0.1, 0.15) is 18.5 Å². The van der Waals surface area contributed by atoms with Gasteiger partial charge in [0.15, 0.2) is 0 Å². The van der Waals surface area contributed by atoms with E-state index >= 15 is 0 Å². The van der Waals surface area contributed by atoms with E-state index in [9.17, 15) is 9.59 Å². The molecule has 0 saturated carbocycles. The Hall–Kier alpha value is -2.38. The largest absolute Gasteiger partial charge is 0.481 e. The van der Waals surface area contributed by atoms with E-state index in [1.807, 2.05) is 4.90 Å². The standard InChI is InChI=1S/C12H15N5O3/c1-7-5-9(18)17-11(13-7)14-12(15-17)16-4-2-3-8(6-16)10(19)20/h5,8H,2-4,6H2,1H3,(H,19,20)(H,13,14,15). The Kier molecular flexibility index (Phi) is 2.92. The molecule has 1 aliphatic rings. The van der Waals surface area contributed by atoms with Crippen molar-refractivity contribution in [2.45, 2.75) is 19.8 Å². The van der Waals surface area contributed by atoms with E-state index in [4.69, 9.17) is 5.11 Å². The van der Waals surface area contributed by atoms with E-state index in [-0.39, 0.29) is 5.56 Å². The molecule has 106 valence electrons. The summed E-state index contributed by atoms with van der Waals surface area (Å²) in [4.78, 5) is 33.2. The maximum absolute atomic E-state index is 11.8. The van der Waals surface area contributed by atoms with Crippen LogP contribution < -0.4 is 10.5 Å². The number of nitrogens with zero attached hydrogens (tertiary/aromatic N) is 4. The molecular weight excluding hydrogens is 262 g/mol. The molecule has 0 bridgehead atoms. The second-order valence-corrected chi connectivity index (χ2v) is 5.04. The number of rotatable bonds is 2. The second-order valence-electron chi connectivity index (χ2n) is 5.04. The van der Waals surface area contributed by atoms with E-state index in [1.165, 1.54) is 10.6 Å². The second kappa shape index (κ2) is 4.62. The van der Waals surface area contributed by atoms with Gasteiger partial charge >= 0.3 is 5.97 Å². The van der Waals surface area contributed by atoms with Crippen molar-refractivity contribution in [2.24, 2.45) is 5.92 Å². The summed E-state index contributed by atoms with van der Waals surface area (Å²) in [5.41, 5.74) is 0.383. The predicted octanol–water partition coefficient (Wildman–Crippen LogP) is 0.0270. The van der Waals surface area contributed by atoms with E-state index in [1.54, 1.807) is 6.92 Å². The van der Waals surface area contributed by atoms with Crippen LogP contribution >= 0.6 is 0 Å². The fourth-order valence-corrected chi connectivity index (χ4v) is 2.49. The minimum Gasteiger partial charge on any atom is -0.481 e. The fraction of sp³-hybridized carbons (Fsp3) is 0.500. The van der Waals surface area contributed by atoms with Crippen LogP contribution in [-0.4, -0.2) is 43.7 Å². The predicted molar refractivity (Wildman–Crippen MR) is 70.9 cm³/mol. The summed E-state index contributed by atoms with van der Waals surface area (Å²) in [5.74, 6) is -0.395. The molecule has 0 radical (unpaired) electrons. The number of carboxylic acid groups (broad SMARTS) is 1. The summed E-state index contributed by atoms with van der Waals surface area (Å²) in [6.45, 7) is 2.84. The molecule has 0 amide bonds. The Bertz CT molecular complexity index is 719. The highest BCUT2D eigenvalue weighted by molar-refractivity contribution is 5.71. The van der Waals surface area contributed by atoms with Gasteiger partial charge in [0.25, 0.3) is 11.3 Å². The maximum Gasteiger partial charge on any atom is 0.308 e. The molecule has 8 heteroatoms. The number of aromatic amines is 1. The lowest BCUT2D eigenvalue weighted by Gasteiger charge is -2.29. The van der Waals surface area contributed by atoms with Gasteiger partial charge in [-0.1, -0.05) is 0 Å². The van der Waals surface area contributed by atoms with Gasteiger partial charge in [-0.15, -0.1) is 0 Å². The summed E-state index contributed by atoms with van der Waals surface area (Å²) in [6.07, 6.45) is 1.46.